The van der Waals surface area contributed by atoms with E-state index in [4.69, 9.17) is 10.5 Å². The topological polar surface area (TPSA) is 110 Å². The van der Waals surface area contributed by atoms with Gasteiger partial charge in [-0.3, -0.25) is 19.1 Å². The largest absolute Gasteiger partial charge is 0.385 e. The predicted molar refractivity (Wildman–Crippen MR) is 141 cm³/mol. The fraction of sp³-hybridized carbons (Fsp3) is 0.179. The maximum Gasteiger partial charge on any atom is 0.330 e. The summed E-state index contributed by atoms with van der Waals surface area (Å²) in [7, 11) is 1.57. The second-order valence-corrected chi connectivity index (χ2v) is 8.31. The average molecular weight is 485 g/mol. The molecule has 0 spiro atoms. The zero-order chi connectivity index (χ0) is 25.5. The lowest BCUT2D eigenvalue weighted by atomic mass is 10.0. The number of carbonyl (C=O) groups excluding carboxylic acids is 1. The van der Waals surface area contributed by atoms with E-state index in [1.807, 2.05) is 72.8 Å². The second kappa shape index (κ2) is 11.3. The smallest absolute Gasteiger partial charge is 0.330 e. The highest BCUT2D eigenvalue weighted by Crippen LogP contribution is 2.23. The summed E-state index contributed by atoms with van der Waals surface area (Å²) in [6, 6.07) is 26.3. The van der Waals surface area contributed by atoms with Crippen LogP contribution in [-0.4, -0.2) is 35.7 Å². The number of nitrogens with one attached hydrogen (secondary N) is 1. The molecule has 1 heterocycles. The molecule has 0 fully saturated rings. The highest BCUT2D eigenvalue weighted by atomic mass is 16.5. The minimum Gasteiger partial charge on any atom is -0.385 e. The number of amides is 1. The average Bonchev–Trinajstić information content (AvgIpc) is 2.91. The van der Waals surface area contributed by atoms with Gasteiger partial charge in [-0.1, -0.05) is 72.8 Å². The molecule has 0 radical (unpaired) electrons. The van der Waals surface area contributed by atoms with Gasteiger partial charge in [0.05, 0.1) is 6.54 Å². The molecule has 0 aliphatic carbocycles. The molecule has 0 atom stereocenters. The van der Waals surface area contributed by atoms with Crippen molar-refractivity contribution in [2.45, 2.75) is 13.0 Å². The molecule has 0 aliphatic rings. The normalized spacial score (nSPS) is 10.8. The number of benzene rings is 3. The third kappa shape index (κ3) is 5.45. The van der Waals surface area contributed by atoms with Crippen molar-refractivity contribution in [1.82, 2.24) is 9.55 Å². The number of nitrogens with zero attached hydrogens (tertiary/aromatic N) is 2. The first-order valence-electron chi connectivity index (χ1n) is 11.6. The summed E-state index contributed by atoms with van der Waals surface area (Å²) in [6.07, 6.45) is 0.473. The number of rotatable bonds is 9. The number of aromatic amines is 1. The Bertz CT molecular complexity index is 1430. The number of H-pyrrole nitrogens is 1. The summed E-state index contributed by atoms with van der Waals surface area (Å²) in [5, 5.41) is 0. The SMILES string of the molecule is COCCCN(C(=O)c1ccc(-c2ccccc2)cc1)c1c(N)n(Cc2ccccc2)c(=O)[nH]c1=O. The maximum absolute atomic E-state index is 13.6. The van der Waals surface area contributed by atoms with Gasteiger partial charge >= 0.3 is 5.69 Å². The number of ether oxygens (including phenoxy) is 1. The molecule has 0 aliphatic heterocycles. The molecule has 3 aromatic carbocycles. The van der Waals surface area contributed by atoms with Gasteiger partial charge in [0, 0.05) is 25.8 Å². The molecule has 1 aromatic heterocycles. The van der Waals surface area contributed by atoms with Crippen LogP contribution in [0, 0.1) is 0 Å². The zero-order valence-corrected chi connectivity index (χ0v) is 20.0. The van der Waals surface area contributed by atoms with E-state index in [0.717, 1.165) is 16.7 Å². The molecule has 4 aromatic rings. The van der Waals surface area contributed by atoms with E-state index in [1.54, 1.807) is 19.2 Å². The minimum atomic E-state index is -0.714. The number of anilines is 2. The highest BCUT2D eigenvalue weighted by molar-refractivity contribution is 6.07. The van der Waals surface area contributed by atoms with Crippen LogP contribution in [0.2, 0.25) is 0 Å². The van der Waals surface area contributed by atoms with Gasteiger partial charge in [-0.2, -0.15) is 0 Å². The van der Waals surface area contributed by atoms with Crippen LogP contribution >= 0.6 is 0 Å². The lowest BCUT2D eigenvalue weighted by Crippen LogP contribution is -2.42. The Balaban J connectivity index is 1.72. The number of nitrogens with two attached hydrogens (primary N) is 1. The lowest BCUT2D eigenvalue weighted by Gasteiger charge is -2.25. The molecule has 4 rings (SSSR count). The third-order valence-electron chi connectivity index (χ3n) is 5.88. The first-order valence-corrected chi connectivity index (χ1v) is 11.6. The number of methoxy groups -OCH3 is 1. The summed E-state index contributed by atoms with van der Waals surface area (Å²) in [5.74, 6) is -0.466. The Morgan fingerprint density at radius 3 is 2.17 bits per heavy atom. The van der Waals surface area contributed by atoms with E-state index in [9.17, 15) is 14.4 Å². The molecule has 0 bridgehead atoms. The lowest BCUT2D eigenvalue weighted by molar-refractivity contribution is 0.0983. The highest BCUT2D eigenvalue weighted by Gasteiger charge is 2.25. The van der Waals surface area contributed by atoms with Crippen molar-refractivity contribution in [3.63, 3.8) is 0 Å². The summed E-state index contributed by atoms with van der Waals surface area (Å²) < 4.78 is 6.42. The Kier molecular flexibility index (Phi) is 7.77. The summed E-state index contributed by atoms with van der Waals surface area (Å²) in [6.45, 7) is 0.725. The van der Waals surface area contributed by atoms with E-state index in [2.05, 4.69) is 4.98 Å². The van der Waals surface area contributed by atoms with Gasteiger partial charge in [-0.15, -0.1) is 0 Å². The molecule has 0 unspecified atom stereocenters. The Labute approximate surface area is 208 Å². The number of hydrogen-bond acceptors (Lipinski definition) is 5. The molecule has 0 saturated heterocycles. The van der Waals surface area contributed by atoms with Crippen molar-refractivity contribution < 1.29 is 9.53 Å². The van der Waals surface area contributed by atoms with Gasteiger partial charge in [0.15, 0.2) is 5.69 Å². The third-order valence-corrected chi connectivity index (χ3v) is 5.88. The van der Waals surface area contributed by atoms with Crippen molar-refractivity contribution in [2.24, 2.45) is 0 Å². The molecule has 1 amide bonds. The summed E-state index contributed by atoms with van der Waals surface area (Å²) in [4.78, 5) is 42.8. The minimum absolute atomic E-state index is 0.0567. The van der Waals surface area contributed by atoms with Crippen LogP contribution in [0.1, 0.15) is 22.3 Å². The molecule has 8 heteroatoms. The number of nitrogen functional groups attached to an aromatic ring is 1. The van der Waals surface area contributed by atoms with Gasteiger partial charge in [0.25, 0.3) is 11.5 Å². The van der Waals surface area contributed by atoms with Crippen LogP contribution in [0.15, 0.2) is 94.5 Å². The number of carbonyl (C=O) groups is 1. The fourth-order valence-electron chi connectivity index (χ4n) is 4.03. The quantitative estimate of drug-likeness (QED) is 0.353. The van der Waals surface area contributed by atoms with E-state index in [1.165, 1.54) is 9.47 Å². The van der Waals surface area contributed by atoms with Crippen LogP contribution < -0.4 is 21.9 Å². The van der Waals surface area contributed by atoms with Gasteiger partial charge in [-0.25, -0.2) is 4.79 Å². The Hall–Kier alpha value is -4.43. The maximum atomic E-state index is 13.6. The van der Waals surface area contributed by atoms with Crippen molar-refractivity contribution in [3.8, 4) is 11.1 Å². The van der Waals surface area contributed by atoms with E-state index < -0.39 is 17.2 Å². The van der Waals surface area contributed by atoms with Crippen molar-refractivity contribution in [3.05, 3.63) is 117 Å². The summed E-state index contributed by atoms with van der Waals surface area (Å²) in [5.41, 5.74) is 8.18. The second-order valence-electron chi connectivity index (χ2n) is 8.31. The van der Waals surface area contributed by atoms with Crippen LogP contribution in [0.5, 0.6) is 0 Å². The van der Waals surface area contributed by atoms with Gasteiger partial charge in [-0.05, 0) is 35.2 Å². The standard InChI is InChI=1S/C28H28N4O4/c1-36-18-8-17-31(27(34)23-15-13-22(14-16-23)21-11-6-3-7-12-21)24-25(29)32(28(35)30-26(24)33)19-20-9-4-2-5-10-20/h2-7,9-16H,8,17-19,29H2,1H3,(H,30,33,35). The fourth-order valence-corrected chi connectivity index (χ4v) is 4.03. The summed E-state index contributed by atoms with van der Waals surface area (Å²) >= 11 is 0. The first-order chi connectivity index (χ1) is 17.5. The first kappa shape index (κ1) is 24.7. The van der Waals surface area contributed by atoms with Gasteiger partial charge in [0.2, 0.25) is 0 Å². The van der Waals surface area contributed by atoms with Crippen LogP contribution in [0.4, 0.5) is 11.5 Å². The van der Waals surface area contributed by atoms with E-state index >= 15 is 0 Å². The van der Waals surface area contributed by atoms with Crippen LogP contribution in [0.3, 0.4) is 0 Å². The van der Waals surface area contributed by atoms with E-state index in [0.29, 0.717) is 18.6 Å². The van der Waals surface area contributed by atoms with Crippen LogP contribution in [-0.2, 0) is 11.3 Å². The molecule has 36 heavy (non-hydrogen) atoms. The van der Waals surface area contributed by atoms with Gasteiger partial charge in [0.1, 0.15) is 5.82 Å². The predicted octanol–water partition coefficient (Wildman–Crippen LogP) is 3.52. The molecular weight excluding hydrogens is 456 g/mol. The van der Waals surface area contributed by atoms with Crippen molar-refractivity contribution >= 4 is 17.4 Å². The zero-order valence-electron chi connectivity index (χ0n) is 20.0. The molecule has 8 nitrogen and oxygen atoms in total. The molecule has 3 N–H and O–H groups in total. The number of hydrogen-bond donors (Lipinski definition) is 2. The molecule has 0 saturated carbocycles. The Morgan fingerprint density at radius 2 is 1.53 bits per heavy atom. The number of aromatic nitrogens is 2. The Morgan fingerprint density at radius 1 is 0.917 bits per heavy atom. The van der Waals surface area contributed by atoms with E-state index in [-0.39, 0.29) is 24.6 Å². The van der Waals surface area contributed by atoms with Crippen molar-refractivity contribution in [1.29, 1.82) is 0 Å². The van der Waals surface area contributed by atoms with Gasteiger partial charge < -0.3 is 15.4 Å². The van der Waals surface area contributed by atoms with Crippen LogP contribution in [0.25, 0.3) is 11.1 Å². The van der Waals surface area contributed by atoms with Crippen molar-refractivity contribution in [2.75, 3.05) is 30.9 Å². The molecular formula is C28H28N4O4. The molecule has 184 valence electrons. The monoisotopic (exact) mass is 484 g/mol.